The van der Waals surface area contributed by atoms with Crippen LogP contribution in [-0.4, -0.2) is 26.2 Å². The van der Waals surface area contributed by atoms with Gasteiger partial charge < -0.3 is 9.47 Å². The second kappa shape index (κ2) is 16.2. The second-order valence-corrected chi connectivity index (χ2v) is 6.62. The quantitative estimate of drug-likeness (QED) is 0.214. The first-order chi connectivity index (χ1) is 12.1. The molecule has 4 nitrogen and oxygen atoms in total. The standard InChI is InChI=1S/C21H38O4/c1-5-7-9-11-13-15-17-19(21(23)25-4)18(20(22)24-3)16-14-12-10-8-6-2/h5-17H2,1-4H3/b19-18-. The maximum Gasteiger partial charge on any atom is 0.334 e. The van der Waals surface area contributed by atoms with Crippen molar-refractivity contribution in [2.75, 3.05) is 14.2 Å². The molecule has 0 aromatic carbocycles. The first-order valence-corrected chi connectivity index (χ1v) is 10.0. The van der Waals surface area contributed by atoms with Crippen LogP contribution in [0.15, 0.2) is 11.1 Å². The van der Waals surface area contributed by atoms with Crippen molar-refractivity contribution >= 4 is 11.9 Å². The highest BCUT2D eigenvalue weighted by Gasteiger charge is 2.21. The lowest BCUT2D eigenvalue weighted by Crippen LogP contribution is -2.15. The van der Waals surface area contributed by atoms with Crippen molar-refractivity contribution < 1.29 is 19.1 Å². The second-order valence-electron chi connectivity index (χ2n) is 6.62. The highest BCUT2D eigenvalue weighted by Crippen LogP contribution is 2.22. The van der Waals surface area contributed by atoms with Crippen molar-refractivity contribution in [3.63, 3.8) is 0 Å². The summed E-state index contributed by atoms with van der Waals surface area (Å²) >= 11 is 0. The van der Waals surface area contributed by atoms with E-state index in [-0.39, 0.29) is 11.9 Å². The summed E-state index contributed by atoms with van der Waals surface area (Å²) in [7, 11) is 2.75. The van der Waals surface area contributed by atoms with Gasteiger partial charge in [0, 0.05) is 11.1 Å². The van der Waals surface area contributed by atoms with Gasteiger partial charge in [-0.15, -0.1) is 0 Å². The molecule has 0 saturated heterocycles. The summed E-state index contributed by atoms with van der Waals surface area (Å²) in [4.78, 5) is 24.4. The molecule has 0 fully saturated rings. The molecule has 0 bridgehead atoms. The number of hydrogen-bond donors (Lipinski definition) is 0. The molecule has 0 aliphatic carbocycles. The molecule has 0 amide bonds. The highest BCUT2D eigenvalue weighted by atomic mass is 16.5. The minimum absolute atomic E-state index is 0.387. The van der Waals surface area contributed by atoms with Gasteiger partial charge in [-0.2, -0.15) is 0 Å². The Kier molecular flexibility index (Phi) is 15.3. The van der Waals surface area contributed by atoms with E-state index in [1.165, 1.54) is 52.7 Å². The topological polar surface area (TPSA) is 52.6 Å². The van der Waals surface area contributed by atoms with Crippen molar-refractivity contribution in [2.45, 2.75) is 97.3 Å². The highest BCUT2D eigenvalue weighted by molar-refractivity contribution is 6.00. The van der Waals surface area contributed by atoms with Gasteiger partial charge in [-0.25, -0.2) is 9.59 Å². The van der Waals surface area contributed by atoms with Crippen molar-refractivity contribution in [3.05, 3.63) is 11.1 Å². The molecule has 146 valence electrons. The van der Waals surface area contributed by atoms with Gasteiger partial charge in [0.1, 0.15) is 0 Å². The van der Waals surface area contributed by atoms with E-state index < -0.39 is 0 Å². The molecule has 0 N–H and O–H groups in total. The van der Waals surface area contributed by atoms with E-state index in [0.717, 1.165) is 32.1 Å². The molecule has 0 radical (unpaired) electrons. The van der Waals surface area contributed by atoms with Crippen molar-refractivity contribution in [1.29, 1.82) is 0 Å². The van der Waals surface area contributed by atoms with Gasteiger partial charge in [0.15, 0.2) is 0 Å². The number of rotatable bonds is 15. The van der Waals surface area contributed by atoms with Gasteiger partial charge >= 0.3 is 11.9 Å². The molecule has 0 rings (SSSR count). The van der Waals surface area contributed by atoms with E-state index in [0.29, 0.717) is 24.0 Å². The van der Waals surface area contributed by atoms with Gasteiger partial charge in [-0.1, -0.05) is 71.6 Å². The maximum atomic E-state index is 12.2. The molecule has 0 saturated carbocycles. The van der Waals surface area contributed by atoms with Gasteiger partial charge in [0.05, 0.1) is 14.2 Å². The van der Waals surface area contributed by atoms with E-state index in [1.807, 2.05) is 0 Å². The monoisotopic (exact) mass is 354 g/mol. The summed E-state index contributed by atoms with van der Waals surface area (Å²) in [6.07, 6.45) is 13.6. The van der Waals surface area contributed by atoms with Crippen LogP contribution in [0, 0.1) is 0 Å². The first-order valence-electron chi connectivity index (χ1n) is 10.0. The summed E-state index contributed by atoms with van der Waals surface area (Å²) in [6, 6.07) is 0. The van der Waals surface area contributed by atoms with E-state index >= 15 is 0 Å². The summed E-state index contributed by atoms with van der Waals surface area (Å²) in [6.45, 7) is 4.37. The fourth-order valence-corrected chi connectivity index (χ4v) is 2.99. The largest absolute Gasteiger partial charge is 0.466 e. The van der Waals surface area contributed by atoms with Crippen LogP contribution in [-0.2, 0) is 19.1 Å². The summed E-state index contributed by atoms with van der Waals surface area (Å²) in [5, 5.41) is 0. The predicted molar refractivity (Wildman–Crippen MR) is 102 cm³/mol. The summed E-state index contributed by atoms with van der Waals surface area (Å²) < 4.78 is 9.84. The minimum Gasteiger partial charge on any atom is -0.466 e. The van der Waals surface area contributed by atoms with Crippen LogP contribution >= 0.6 is 0 Å². The number of unbranched alkanes of at least 4 members (excludes halogenated alkanes) is 9. The Morgan fingerprint density at radius 3 is 1.20 bits per heavy atom. The van der Waals surface area contributed by atoms with E-state index in [9.17, 15) is 9.59 Å². The fourth-order valence-electron chi connectivity index (χ4n) is 2.99. The molecule has 25 heavy (non-hydrogen) atoms. The zero-order valence-corrected chi connectivity index (χ0v) is 16.8. The van der Waals surface area contributed by atoms with Crippen molar-refractivity contribution in [2.24, 2.45) is 0 Å². The van der Waals surface area contributed by atoms with Gasteiger partial charge in [0.25, 0.3) is 0 Å². The summed E-state index contributed by atoms with van der Waals surface area (Å²) in [5.74, 6) is -0.774. The minimum atomic E-state index is -0.387. The Bertz CT molecular complexity index is 399. The lowest BCUT2D eigenvalue weighted by atomic mass is 9.96. The molecular formula is C21H38O4. The van der Waals surface area contributed by atoms with Gasteiger partial charge in [0.2, 0.25) is 0 Å². The van der Waals surface area contributed by atoms with Crippen molar-refractivity contribution in [3.8, 4) is 0 Å². The van der Waals surface area contributed by atoms with E-state index in [4.69, 9.17) is 9.47 Å². The maximum absolute atomic E-state index is 12.2. The number of methoxy groups -OCH3 is 2. The number of hydrogen-bond acceptors (Lipinski definition) is 4. The Hall–Kier alpha value is -1.32. The van der Waals surface area contributed by atoms with E-state index in [2.05, 4.69) is 13.8 Å². The van der Waals surface area contributed by atoms with Crippen LogP contribution in [0.25, 0.3) is 0 Å². The zero-order chi connectivity index (χ0) is 18.9. The average Bonchev–Trinajstić information content (AvgIpc) is 2.63. The van der Waals surface area contributed by atoms with Crippen LogP contribution in [0.1, 0.15) is 97.3 Å². The normalized spacial score (nSPS) is 11.8. The lowest BCUT2D eigenvalue weighted by molar-refractivity contribution is -0.139. The number of ether oxygens (including phenoxy) is 2. The average molecular weight is 355 g/mol. The lowest BCUT2D eigenvalue weighted by Gasteiger charge is -2.13. The van der Waals surface area contributed by atoms with E-state index in [1.54, 1.807) is 0 Å². The third-order valence-corrected chi connectivity index (χ3v) is 4.54. The van der Waals surface area contributed by atoms with Gasteiger partial charge in [-0.3, -0.25) is 0 Å². The SMILES string of the molecule is CCCCCCCC/C(C(=O)OC)=C(\CCCCCCC)C(=O)OC. The molecular weight excluding hydrogens is 316 g/mol. The van der Waals surface area contributed by atoms with Crippen molar-refractivity contribution in [1.82, 2.24) is 0 Å². The molecule has 0 aliphatic rings. The fraction of sp³-hybridized carbons (Fsp3) is 0.810. The van der Waals surface area contributed by atoms with Gasteiger partial charge in [-0.05, 0) is 25.7 Å². The third-order valence-electron chi connectivity index (χ3n) is 4.54. The molecule has 0 aliphatic heterocycles. The number of carbonyl (C=O) groups excluding carboxylic acids is 2. The molecule has 0 aromatic rings. The Labute approximate surface area is 154 Å². The molecule has 4 heteroatoms. The smallest absolute Gasteiger partial charge is 0.334 e. The number of carbonyl (C=O) groups is 2. The summed E-state index contributed by atoms with van der Waals surface area (Å²) in [5.41, 5.74) is 1.03. The van der Waals surface area contributed by atoms with Crippen LogP contribution in [0.2, 0.25) is 0 Å². The Morgan fingerprint density at radius 1 is 0.560 bits per heavy atom. The van der Waals surface area contributed by atoms with Crippen LogP contribution in [0.4, 0.5) is 0 Å². The van der Waals surface area contributed by atoms with Crippen LogP contribution < -0.4 is 0 Å². The molecule has 0 aromatic heterocycles. The molecule has 0 atom stereocenters. The zero-order valence-electron chi connectivity index (χ0n) is 16.8. The Morgan fingerprint density at radius 2 is 0.880 bits per heavy atom. The predicted octanol–water partition coefficient (Wildman–Crippen LogP) is 5.74. The molecule has 0 spiro atoms. The third kappa shape index (κ3) is 11.0. The molecule has 0 heterocycles. The van der Waals surface area contributed by atoms with Crippen LogP contribution in [0.5, 0.6) is 0 Å². The molecule has 0 unspecified atom stereocenters. The first kappa shape index (κ1) is 23.7. The Balaban J connectivity index is 4.83. The number of esters is 2. The van der Waals surface area contributed by atoms with Crippen LogP contribution in [0.3, 0.4) is 0 Å².